The van der Waals surface area contributed by atoms with Gasteiger partial charge in [0.25, 0.3) is 5.56 Å². The minimum atomic E-state index is -0.194. The summed E-state index contributed by atoms with van der Waals surface area (Å²) in [7, 11) is 0. The molecular formula is C18H24ClN5O3. The SMILES string of the molecule is Cl.O=c1cc(NCCN2CCN(c3cccc4c3OCCO4)CC2)cn[nH]1. The molecule has 0 spiro atoms. The molecule has 0 radical (unpaired) electrons. The van der Waals surface area contributed by atoms with Gasteiger partial charge in [-0.3, -0.25) is 9.69 Å². The van der Waals surface area contributed by atoms with E-state index >= 15 is 0 Å². The van der Waals surface area contributed by atoms with Crippen molar-refractivity contribution in [1.82, 2.24) is 15.1 Å². The highest BCUT2D eigenvalue weighted by Gasteiger charge is 2.23. The second-order valence-electron chi connectivity index (χ2n) is 6.39. The molecule has 1 fully saturated rings. The Morgan fingerprint density at radius 2 is 1.96 bits per heavy atom. The molecule has 9 heteroatoms. The molecule has 27 heavy (non-hydrogen) atoms. The van der Waals surface area contributed by atoms with Gasteiger partial charge in [-0.25, -0.2) is 5.10 Å². The third-order valence-corrected chi connectivity index (χ3v) is 4.68. The first-order valence-electron chi connectivity index (χ1n) is 8.94. The van der Waals surface area contributed by atoms with Crippen molar-refractivity contribution in [2.75, 3.05) is 62.7 Å². The van der Waals surface area contributed by atoms with Crippen molar-refractivity contribution < 1.29 is 9.47 Å². The van der Waals surface area contributed by atoms with Crippen LogP contribution in [0.2, 0.25) is 0 Å². The number of halogens is 1. The lowest BCUT2D eigenvalue weighted by molar-refractivity contribution is 0.171. The number of H-pyrrole nitrogens is 1. The molecule has 1 saturated heterocycles. The third kappa shape index (κ3) is 4.64. The summed E-state index contributed by atoms with van der Waals surface area (Å²) in [5.41, 5.74) is 1.68. The van der Waals surface area contributed by atoms with Gasteiger partial charge in [-0.15, -0.1) is 12.4 Å². The summed E-state index contributed by atoms with van der Waals surface area (Å²) in [4.78, 5) is 16.0. The summed E-state index contributed by atoms with van der Waals surface area (Å²) < 4.78 is 11.5. The Hall–Kier alpha value is -2.45. The fourth-order valence-corrected chi connectivity index (χ4v) is 3.35. The zero-order valence-corrected chi connectivity index (χ0v) is 15.8. The minimum Gasteiger partial charge on any atom is -0.486 e. The first-order chi connectivity index (χ1) is 12.8. The van der Waals surface area contributed by atoms with Crippen molar-refractivity contribution in [2.24, 2.45) is 0 Å². The number of ether oxygens (including phenoxy) is 2. The van der Waals surface area contributed by atoms with Crippen LogP contribution in [0.3, 0.4) is 0 Å². The van der Waals surface area contributed by atoms with E-state index in [4.69, 9.17) is 9.47 Å². The molecule has 146 valence electrons. The standard InChI is InChI=1S/C18H23N5O3.ClH/c24-17-12-14(13-20-21-17)19-4-5-22-6-8-23(9-7-22)15-2-1-3-16-18(15)26-11-10-25-16;/h1-3,12-13H,4-11H2,(H2,19,21,24);1H. The Labute approximate surface area is 163 Å². The monoisotopic (exact) mass is 393 g/mol. The molecule has 2 aliphatic heterocycles. The number of hydrogen-bond acceptors (Lipinski definition) is 7. The van der Waals surface area contributed by atoms with Crippen molar-refractivity contribution in [1.29, 1.82) is 0 Å². The summed E-state index contributed by atoms with van der Waals surface area (Å²) in [6, 6.07) is 7.61. The molecular weight excluding hydrogens is 370 g/mol. The van der Waals surface area contributed by atoms with E-state index in [2.05, 4.69) is 31.4 Å². The van der Waals surface area contributed by atoms with Crippen molar-refractivity contribution in [3.05, 3.63) is 40.8 Å². The second kappa shape index (κ2) is 8.96. The maximum atomic E-state index is 11.2. The Balaban J connectivity index is 0.00000210. The van der Waals surface area contributed by atoms with Crippen LogP contribution < -0.4 is 25.2 Å². The molecule has 0 aliphatic carbocycles. The van der Waals surface area contributed by atoms with Crippen LogP contribution in [0.5, 0.6) is 11.5 Å². The van der Waals surface area contributed by atoms with E-state index in [0.717, 1.165) is 62.1 Å². The smallest absolute Gasteiger partial charge is 0.266 e. The van der Waals surface area contributed by atoms with Crippen LogP contribution in [0.1, 0.15) is 0 Å². The molecule has 2 N–H and O–H groups in total. The number of fused-ring (bicyclic) bond motifs is 1. The number of rotatable bonds is 5. The summed E-state index contributed by atoms with van der Waals surface area (Å²) >= 11 is 0. The molecule has 1 aromatic heterocycles. The van der Waals surface area contributed by atoms with Crippen LogP contribution in [0.15, 0.2) is 35.3 Å². The molecule has 8 nitrogen and oxygen atoms in total. The molecule has 0 amide bonds. The van der Waals surface area contributed by atoms with E-state index in [-0.39, 0.29) is 18.0 Å². The van der Waals surface area contributed by atoms with Crippen molar-refractivity contribution >= 4 is 23.8 Å². The number of hydrogen-bond donors (Lipinski definition) is 2. The summed E-state index contributed by atoms with van der Waals surface area (Å²) in [6.45, 7) is 6.79. The van der Waals surface area contributed by atoms with Crippen LogP contribution in [0.25, 0.3) is 0 Å². The van der Waals surface area contributed by atoms with Gasteiger partial charge in [0.2, 0.25) is 0 Å². The second-order valence-corrected chi connectivity index (χ2v) is 6.39. The average Bonchev–Trinajstić information content (AvgIpc) is 2.68. The fourth-order valence-electron chi connectivity index (χ4n) is 3.35. The first-order valence-corrected chi connectivity index (χ1v) is 8.94. The van der Waals surface area contributed by atoms with Gasteiger partial charge in [0.15, 0.2) is 11.5 Å². The highest BCUT2D eigenvalue weighted by atomic mass is 35.5. The topological polar surface area (TPSA) is 82.7 Å². The first kappa shape index (κ1) is 19.3. The number of para-hydroxylation sites is 1. The van der Waals surface area contributed by atoms with Gasteiger partial charge in [0, 0.05) is 45.3 Å². The Morgan fingerprint density at radius 3 is 2.78 bits per heavy atom. The molecule has 0 atom stereocenters. The molecule has 2 aliphatic rings. The quantitative estimate of drug-likeness (QED) is 0.789. The maximum Gasteiger partial charge on any atom is 0.266 e. The van der Waals surface area contributed by atoms with E-state index in [1.165, 1.54) is 6.07 Å². The van der Waals surface area contributed by atoms with Crippen LogP contribution in [-0.2, 0) is 0 Å². The number of nitrogens with zero attached hydrogens (tertiary/aromatic N) is 3. The largest absolute Gasteiger partial charge is 0.486 e. The maximum absolute atomic E-state index is 11.2. The highest BCUT2D eigenvalue weighted by molar-refractivity contribution is 5.85. The van der Waals surface area contributed by atoms with Crippen LogP contribution in [-0.4, -0.2) is 67.6 Å². The Bertz CT molecular complexity index is 808. The lowest BCUT2D eigenvalue weighted by Gasteiger charge is -2.37. The summed E-state index contributed by atoms with van der Waals surface area (Å²) in [5, 5.41) is 9.40. The third-order valence-electron chi connectivity index (χ3n) is 4.68. The van der Waals surface area contributed by atoms with E-state index in [0.29, 0.717) is 13.2 Å². The Morgan fingerprint density at radius 1 is 1.15 bits per heavy atom. The van der Waals surface area contributed by atoms with E-state index in [1.54, 1.807) is 6.20 Å². The summed E-state index contributed by atoms with van der Waals surface area (Å²) in [6.07, 6.45) is 1.62. The summed E-state index contributed by atoms with van der Waals surface area (Å²) in [5.74, 6) is 1.71. The highest BCUT2D eigenvalue weighted by Crippen LogP contribution is 2.39. The van der Waals surface area contributed by atoms with Gasteiger partial charge >= 0.3 is 0 Å². The lowest BCUT2D eigenvalue weighted by Crippen LogP contribution is -2.47. The van der Waals surface area contributed by atoms with E-state index in [1.807, 2.05) is 12.1 Å². The number of aromatic amines is 1. The number of benzene rings is 1. The zero-order valence-electron chi connectivity index (χ0n) is 15.0. The molecule has 1 aromatic carbocycles. The molecule has 0 saturated carbocycles. The van der Waals surface area contributed by atoms with Gasteiger partial charge in [-0.1, -0.05) is 6.07 Å². The van der Waals surface area contributed by atoms with Crippen LogP contribution >= 0.6 is 12.4 Å². The molecule has 0 unspecified atom stereocenters. The molecule has 2 aromatic rings. The van der Waals surface area contributed by atoms with Crippen molar-refractivity contribution in [3.63, 3.8) is 0 Å². The predicted octanol–water partition coefficient (Wildman–Crippen LogP) is 1.20. The number of nitrogens with one attached hydrogen (secondary N) is 2. The molecule has 3 heterocycles. The number of anilines is 2. The van der Waals surface area contributed by atoms with Crippen molar-refractivity contribution in [2.45, 2.75) is 0 Å². The average molecular weight is 394 g/mol. The normalized spacial score (nSPS) is 16.5. The number of piperazine rings is 1. The Kier molecular flexibility index (Phi) is 6.41. The molecule has 4 rings (SSSR count). The zero-order chi connectivity index (χ0) is 17.8. The van der Waals surface area contributed by atoms with Gasteiger partial charge in [0.05, 0.1) is 17.6 Å². The number of aromatic nitrogens is 2. The predicted molar refractivity (Wildman–Crippen MR) is 107 cm³/mol. The van der Waals surface area contributed by atoms with E-state index < -0.39 is 0 Å². The van der Waals surface area contributed by atoms with Gasteiger partial charge in [-0.05, 0) is 12.1 Å². The minimum absolute atomic E-state index is 0. The van der Waals surface area contributed by atoms with Gasteiger partial charge < -0.3 is 19.7 Å². The van der Waals surface area contributed by atoms with Crippen LogP contribution in [0.4, 0.5) is 11.4 Å². The van der Waals surface area contributed by atoms with Crippen molar-refractivity contribution in [3.8, 4) is 11.5 Å². The molecule has 0 bridgehead atoms. The fraction of sp³-hybridized carbons (Fsp3) is 0.444. The van der Waals surface area contributed by atoms with Gasteiger partial charge in [-0.2, -0.15) is 5.10 Å². The lowest BCUT2D eigenvalue weighted by atomic mass is 10.2. The van der Waals surface area contributed by atoms with Gasteiger partial charge in [0.1, 0.15) is 13.2 Å². The van der Waals surface area contributed by atoms with E-state index in [9.17, 15) is 4.79 Å². The van der Waals surface area contributed by atoms with Crippen LogP contribution in [0, 0.1) is 0 Å².